The van der Waals surface area contributed by atoms with Crippen molar-refractivity contribution in [3.63, 3.8) is 0 Å². The van der Waals surface area contributed by atoms with Gasteiger partial charge in [-0.2, -0.15) is 0 Å². The van der Waals surface area contributed by atoms with Crippen LogP contribution in [-0.4, -0.2) is 9.13 Å². The Labute approximate surface area is 374 Å². The van der Waals surface area contributed by atoms with Crippen LogP contribution in [-0.2, 0) is 0 Å². The molecular weight excluding hydrogens is 793 g/mol. The summed E-state index contributed by atoms with van der Waals surface area (Å²) in [5.74, 6) is 0.400. The number of fused-ring (bicyclic) bond motifs is 12. The highest BCUT2D eigenvalue weighted by Gasteiger charge is 2.24. The number of rotatable bonds is 5. The van der Waals surface area contributed by atoms with Gasteiger partial charge >= 0.3 is 0 Å². The number of furan rings is 2. The van der Waals surface area contributed by atoms with Crippen molar-refractivity contribution in [3.05, 3.63) is 211 Å². The van der Waals surface area contributed by atoms with Crippen LogP contribution in [0.5, 0.6) is 0 Å². The fourth-order valence-electron chi connectivity index (χ4n) is 10.9. The molecular formula is C61H40N2O2. The second-order valence-corrected chi connectivity index (χ2v) is 17.7. The minimum atomic E-state index is 0.400. The summed E-state index contributed by atoms with van der Waals surface area (Å²) in [6.07, 6.45) is 5.69. The first kappa shape index (κ1) is 36.2. The van der Waals surface area contributed by atoms with E-state index in [4.69, 9.17) is 8.83 Å². The quantitative estimate of drug-likeness (QED) is 0.173. The SMILES string of the molecule is CC1CC=Cc2c1c1cc(-c3ccc4oc5ccccc5c4c3)ccc1n2-c1cccc(-c2cccc(-n3c4ccccc4c4cc(-c5ccc6oc7ccccc7c6c5)ccc43)c2)c1. The number of allylic oxidation sites excluding steroid dienone is 1. The van der Waals surface area contributed by atoms with Crippen molar-refractivity contribution in [1.29, 1.82) is 0 Å². The van der Waals surface area contributed by atoms with Crippen LogP contribution in [0.3, 0.4) is 0 Å². The van der Waals surface area contributed by atoms with Crippen molar-refractivity contribution < 1.29 is 8.83 Å². The van der Waals surface area contributed by atoms with Gasteiger partial charge in [0.1, 0.15) is 22.3 Å². The maximum atomic E-state index is 6.18. The molecule has 0 aliphatic heterocycles. The summed E-state index contributed by atoms with van der Waals surface area (Å²) in [7, 11) is 0. The Hall–Kier alpha value is -8.34. The van der Waals surface area contributed by atoms with E-state index >= 15 is 0 Å². The molecule has 4 aromatic heterocycles. The van der Waals surface area contributed by atoms with Gasteiger partial charge in [0.15, 0.2) is 0 Å². The van der Waals surface area contributed by atoms with E-state index in [1.54, 1.807) is 0 Å². The third-order valence-electron chi connectivity index (χ3n) is 13.9. The molecule has 4 heteroatoms. The first-order valence-electron chi connectivity index (χ1n) is 22.5. The smallest absolute Gasteiger partial charge is 0.135 e. The van der Waals surface area contributed by atoms with E-state index < -0.39 is 0 Å². The molecule has 306 valence electrons. The minimum absolute atomic E-state index is 0.400. The van der Waals surface area contributed by atoms with Crippen LogP contribution >= 0.6 is 0 Å². The molecule has 1 aliphatic carbocycles. The molecule has 1 aliphatic rings. The first-order valence-corrected chi connectivity index (χ1v) is 22.5. The Morgan fingerprint density at radius 1 is 0.369 bits per heavy atom. The van der Waals surface area contributed by atoms with Crippen LogP contribution in [0.15, 0.2) is 209 Å². The predicted molar refractivity (Wildman–Crippen MR) is 271 cm³/mol. The van der Waals surface area contributed by atoms with E-state index in [-0.39, 0.29) is 0 Å². The van der Waals surface area contributed by atoms with E-state index in [0.717, 1.165) is 61.7 Å². The molecule has 65 heavy (non-hydrogen) atoms. The summed E-state index contributed by atoms with van der Waals surface area (Å²) >= 11 is 0. The second-order valence-electron chi connectivity index (χ2n) is 17.7. The minimum Gasteiger partial charge on any atom is -0.456 e. The first-order chi connectivity index (χ1) is 32.1. The number of nitrogens with zero attached hydrogens (tertiary/aromatic N) is 2. The fraction of sp³-hybridized carbons (Fsp3) is 0.0492. The van der Waals surface area contributed by atoms with Crippen LogP contribution in [0.1, 0.15) is 30.5 Å². The van der Waals surface area contributed by atoms with Gasteiger partial charge in [-0.1, -0.05) is 116 Å². The molecule has 13 aromatic rings. The lowest BCUT2D eigenvalue weighted by atomic mass is 9.90. The summed E-state index contributed by atoms with van der Waals surface area (Å²) in [6, 6.07) is 70.5. The average molecular weight is 833 g/mol. The van der Waals surface area contributed by atoms with Crippen molar-refractivity contribution in [2.24, 2.45) is 0 Å². The maximum absolute atomic E-state index is 6.18. The lowest BCUT2D eigenvalue weighted by Gasteiger charge is -2.17. The summed E-state index contributed by atoms with van der Waals surface area (Å²) in [5.41, 5.74) is 19.3. The summed E-state index contributed by atoms with van der Waals surface area (Å²) in [4.78, 5) is 0. The molecule has 1 atom stereocenters. The van der Waals surface area contributed by atoms with Gasteiger partial charge in [0.05, 0.1) is 16.6 Å². The third kappa shape index (κ3) is 5.50. The van der Waals surface area contributed by atoms with Gasteiger partial charge in [-0.05, 0) is 148 Å². The molecule has 4 nitrogen and oxygen atoms in total. The number of benzene rings is 9. The molecule has 0 fully saturated rings. The van der Waals surface area contributed by atoms with Crippen molar-refractivity contribution in [3.8, 4) is 44.8 Å². The van der Waals surface area contributed by atoms with Crippen LogP contribution in [0.25, 0.3) is 127 Å². The molecule has 0 saturated heterocycles. The Balaban J connectivity index is 0.862. The summed E-state index contributed by atoms with van der Waals surface area (Å²) in [5, 5.41) is 8.35. The monoisotopic (exact) mass is 832 g/mol. The third-order valence-corrected chi connectivity index (χ3v) is 13.9. The van der Waals surface area contributed by atoms with Crippen LogP contribution < -0.4 is 0 Å². The van der Waals surface area contributed by atoms with Crippen LogP contribution in [0.4, 0.5) is 0 Å². The van der Waals surface area contributed by atoms with Crippen LogP contribution in [0, 0.1) is 0 Å². The molecule has 0 N–H and O–H groups in total. The van der Waals surface area contributed by atoms with Gasteiger partial charge in [-0.15, -0.1) is 0 Å². The lowest BCUT2D eigenvalue weighted by molar-refractivity contribution is 0.668. The number of para-hydroxylation sites is 3. The van der Waals surface area contributed by atoms with Gasteiger partial charge < -0.3 is 18.0 Å². The van der Waals surface area contributed by atoms with Gasteiger partial charge in [0.25, 0.3) is 0 Å². The van der Waals surface area contributed by atoms with Gasteiger partial charge in [-0.25, -0.2) is 0 Å². The fourth-order valence-corrected chi connectivity index (χ4v) is 10.9. The molecule has 0 amide bonds. The van der Waals surface area contributed by atoms with Crippen molar-refractivity contribution >= 4 is 82.7 Å². The molecule has 4 heterocycles. The Morgan fingerprint density at radius 3 is 1.46 bits per heavy atom. The zero-order valence-electron chi connectivity index (χ0n) is 35.6. The van der Waals surface area contributed by atoms with E-state index in [9.17, 15) is 0 Å². The highest BCUT2D eigenvalue weighted by atomic mass is 16.3. The number of hydrogen-bond acceptors (Lipinski definition) is 2. The Kier molecular flexibility index (Phi) is 7.70. The largest absolute Gasteiger partial charge is 0.456 e. The zero-order valence-corrected chi connectivity index (χ0v) is 35.6. The molecule has 0 bridgehead atoms. The highest BCUT2D eigenvalue weighted by Crippen LogP contribution is 2.43. The molecule has 1 unspecified atom stereocenters. The van der Waals surface area contributed by atoms with Gasteiger partial charge in [0, 0.05) is 54.8 Å². The molecule has 0 radical (unpaired) electrons. The van der Waals surface area contributed by atoms with E-state index in [0.29, 0.717) is 5.92 Å². The van der Waals surface area contributed by atoms with Crippen LogP contribution in [0.2, 0.25) is 0 Å². The van der Waals surface area contributed by atoms with E-state index in [1.807, 2.05) is 24.3 Å². The van der Waals surface area contributed by atoms with Crippen molar-refractivity contribution in [1.82, 2.24) is 9.13 Å². The maximum Gasteiger partial charge on any atom is 0.135 e. The topological polar surface area (TPSA) is 36.1 Å². The van der Waals surface area contributed by atoms with E-state index in [1.165, 1.54) is 77.3 Å². The average Bonchev–Trinajstić information content (AvgIpc) is 4.11. The predicted octanol–water partition coefficient (Wildman–Crippen LogP) is 17.0. The Bertz CT molecular complexity index is 4130. The standard InChI is InChI=1S/C61H40N2O2/c1-37-11-8-20-56-61(37)52-36-41(43-26-30-60-51(35-43)48-18-4-7-22-58(48)65-60)24-28-55(52)63(56)45-15-10-13-39(32-45)38-12-9-14-44(31-38)62-53-19-5-2-16-46(53)49-33-40(23-27-54(49)62)42-25-29-59-50(34-42)47-17-3-6-21-57(47)64-59/h2-10,12-37H,11H2,1H3. The van der Waals surface area contributed by atoms with Crippen molar-refractivity contribution in [2.75, 3.05) is 0 Å². The number of hydrogen-bond donors (Lipinski definition) is 0. The molecule has 0 spiro atoms. The Morgan fingerprint density at radius 2 is 0.831 bits per heavy atom. The highest BCUT2D eigenvalue weighted by molar-refractivity contribution is 6.12. The van der Waals surface area contributed by atoms with Gasteiger partial charge in [0.2, 0.25) is 0 Å². The molecule has 0 saturated carbocycles. The number of aromatic nitrogens is 2. The lowest BCUT2D eigenvalue weighted by Crippen LogP contribution is -2.03. The molecule has 9 aromatic carbocycles. The van der Waals surface area contributed by atoms with Crippen molar-refractivity contribution in [2.45, 2.75) is 19.3 Å². The normalized spacial score (nSPS) is 14.0. The zero-order chi connectivity index (χ0) is 42.8. The van der Waals surface area contributed by atoms with E-state index in [2.05, 4.69) is 198 Å². The second kappa shape index (κ2) is 13.8. The summed E-state index contributed by atoms with van der Waals surface area (Å²) < 4.78 is 17.2. The van der Waals surface area contributed by atoms with Gasteiger partial charge in [-0.3, -0.25) is 0 Å². The summed E-state index contributed by atoms with van der Waals surface area (Å²) in [6.45, 7) is 2.36. The molecule has 14 rings (SSSR count).